The van der Waals surface area contributed by atoms with E-state index in [0.717, 1.165) is 10.0 Å². The Hall–Kier alpha value is -2.17. The minimum atomic E-state index is -0.401. The summed E-state index contributed by atoms with van der Waals surface area (Å²) in [6.07, 6.45) is 2.18. The number of nitrogens with zero attached hydrogens (tertiary/aromatic N) is 1. The SMILES string of the molecule is O[C@@H]1Cc2ccccc2[C@@H]1Nc1ncc(-c2ccccc2)s1. The molecule has 0 saturated heterocycles. The van der Waals surface area contributed by atoms with Crippen LogP contribution in [-0.2, 0) is 6.42 Å². The van der Waals surface area contributed by atoms with E-state index in [4.69, 9.17) is 0 Å². The van der Waals surface area contributed by atoms with E-state index in [1.165, 1.54) is 16.7 Å². The van der Waals surface area contributed by atoms with Crippen LogP contribution in [0, 0.1) is 0 Å². The first-order valence-electron chi connectivity index (χ1n) is 7.35. The van der Waals surface area contributed by atoms with Crippen molar-refractivity contribution in [1.29, 1.82) is 0 Å². The minimum Gasteiger partial charge on any atom is -0.390 e. The molecule has 2 N–H and O–H groups in total. The third-order valence-electron chi connectivity index (χ3n) is 4.05. The molecule has 1 heterocycles. The minimum absolute atomic E-state index is 0.0778. The summed E-state index contributed by atoms with van der Waals surface area (Å²) in [6, 6.07) is 18.3. The van der Waals surface area contributed by atoms with Crippen LogP contribution in [0.15, 0.2) is 60.8 Å². The molecular formula is C18H16N2OS. The van der Waals surface area contributed by atoms with Crippen molar-refractivity contribution < 1.29 is 5.11 Å². The Balaban J connectivity index is 1.59. The molecule has 0 saturated carbocycles. The fourth-order valence-corrected chi connectivity index (χ4v) is 3.82. The summed E-state index contributed by atoms with van der Waals surface area (Å²) >= 11 is 1.62. The number of aliphatic hydroxyl groups is 1. The van der Waals surface area contributed by atoms with Crippen molar-refractivity contribution in [1.82, 2.24) is 4.98 Å². The monoisotopic (exact) mass is 308 g/mol. The second-order valence-electron chi connectivity index (χ2n) is 5.49. The van der Waals surface area contributed by atoms with Gasteiger partial charge in [-0.25, -0.2) is 4.98 Å². The standard InChI is InChI=1S/C18H16N2OS/c21-15-10-13-8-4-5-9-14(13)17(15)20-18-19-11-16(22-18)12-6-2-1-3-7-12/h1-9,11,15,17,21H,10H2,(H,19,20)/t15-,17+/m1/s1. The van der Waals surface area contributed by atoms with Crippen LogP contribution in [0.3, 0.4) is 0 Å². The molecule has 1 aliphatic carbocycles. The summed E-state index contributed by atoms with van der Waals surface area (Å²) < 4.78 is 0. The number of anilines is 1. The molecule has 0 fully saturated rings. The van der Waals surface area contributed by atoms with Crippen molar-refractivity contribution in [2.24, 2.45) is 0 Å². The molecule has 4 rings (SSSR count). The van der Waals surface area contributed by atoms with Crippen molar-refractivity contribution in [3.05, 3.63) is 71.9 Å². The van der Waals surface area contributed by atoms with Crippen molar-refractivity contribution in [3.63, 3.8) is 0 Å². The molecular weight excluding hydrogens is 292 g/mol. The Morgan fingerprint density at radius 3 is 2.68 bits per heavy atom. The van der Waals surface area contributed by atoms with Crippen LogP contribution in [0.4, 0.5) is 5.13 Å². The van der Waals surface area contributed by atoms with E-state index in [2.05, 4.69) is 34.6 Å². The Morgan fingerprint density at radius 1 is 1.05 bits per heavy atom. The van der Waals surface area contributed by atoms with Gasteiger partial charge in [0.25, 0.3) is 0 Å². The number of fused-ring (bicyclic) bond motifs is 1. The predicted molar refractivity (Wildman–Crippen MR) is 90.1 cm³/mol. The third-order valence-corrected chi connectivity index (χ3v) is 5.02. The molecule has 0 amide bonds. The molecule has 4 heteroatoms. The van der Waals surface area contributed by atoms with Crippen molar-refractivity contribution in [2.75, 3.05) is 5.32 Å². The van der Waals surface area contributed by atoms with Crippen LogP contribution < -0.4 is 5.32 Å². The van der Waals surface area contributed by atoms with E-state index in [-0.39, 0.29) is 6.04 Å². The molecule has 0 aliphatic heterocycles. The zero-order chi connectivity index (χ0) is 14.9. The van der Waals surface area contributed by atoms with Gasteiger partial charge in [-0.15, -0.1) is 0 Å². The van der Waals surface area contributed by atoms with E-state index < -0.39 is 6.10 Å². The van der Waals surface area contributed by atoms with Crippen LogP contribution in [0.1, 0.15) is 17.2 Å². The molecule has 3 nitrogen and oxygen atoms in total. The summed E-state index contributed by atoms with van der Waals surface area (Å²) in [5, 5.41) is 14.6. The topological polar surface area (TPSA) is 45.1 Å². The highest BCUT2D eigenvalue weighted by atomic mass is 32.1. The van der Waals surface area contributed by atoms with Gasteiger partial charge in [-0.2, -0.15) is 0 Å². The summed E-state index contributed by atoms with van der Waals surface area (Å²) in [5.74, 6) is 0. The number of rotatable bonds is 3. The van der Waals surface area contributed by atoms with Crippen LogP contribution in [0.5, 0.6) is 0 Å². The summed E-state index contributed by atoms with van der Waals surface area (Å²) in [7, 11) is 0. The third kappa shape index (κ3) is 2.40. The Kier molecular flexibility index (Phi) is 3.41. The van der Waals surface area contributed by atoms with Crippen LogP contribution in [0.2, 0.25) is 0 Å². The summed E-state index contributed by atoms with van der Waals surface area (Å²) in [6.45, 7) is 0. The van der Waals surface area contributed by atoms with Crippen LogP contribution in [0.25, 0.3) is 10.4 Å². The number of nitrogens with one attached hydrogen (secondary N) is 1. The molecule has 1 aliphatic rings. The molecule has 0 radical (unpaired) electrons. The van der Waals surface area contributed by atoms with Gasteiger partial charge < -0.3 is 10.4 Å². The van der Waals surface area contributed by atoms with Crippen LogP contribution >= 0.6 is 11.3 Å². The molecule has 1 aromatic heterocycles. The first-order valence-corrected chi connectivity index (χ1v) is 8.16. The Labute approximate surface area is 133 Å². The number of thiazole rings is 1. The average molecular weight is 308 g/mol. The zero-order valence-corrected chi connectivity index (χ0v) is 12.8. The predicted octanol–water partition coefficient (Wildman–Crippen LogP) is 3.88. The Morgan fingerprint density at radius 2 is 1.82 bits per heavy atom. The number of hydrogen-bond donors (Lipinski definition) is 2. The molecule has 0 unspecified atom stereocenters. The van der Waals surface area contributed by atoms with E-state index in [1.54, 1.807) is 11.3 Å². The first kappa shape index (κ1) is 13.5. The number of aliphatic hydroxyl groups excluding tert-OH is 1. The normalized spacial score (nSPS) is 19.9. The van der Waals surface area contributed by atoms with Crippen molar-refractivity contribution in [2.45, 2.75) is 18.6 Å². The molecule has 0 bridgehead atoms. The fourth-order valence-electron chi connectivity index (χ4n) is 2.96. The van der Waals surface area contributed by atoms with Gasteiger partial charge in [-0.1, -0.05) is 65.9 Å². The summed E-state index contributed by atoms with van der Waals surface area (Å²) in [4.78, 5) is 5.59. The van der Waals surface area contributed by atoms with E-state index in [1.807, 2.05) is 36.5 Å². The van der Waals surface area contributed by atoms with E-state index in [0.29, 0.717) is 6.42 Å². The van der Waals surface area contributed by atoms with E-state index in [9.17, 15) is 5.11 Å². The lowest BCUT2D eigenvalue weighted by Gasteiger charge is -2.17. The average Bonchev–Trinajstić information content (AvgIpc) is 3.14. The second kappa shape index (κ2) is 5.55. The van der Waals surface area contributed by atoms with Crippen molar-refractivity contribution in [3.8, 4) is 10.4 Å². The first-order chi connectivity index (χ1) is 10.8. The smallest absolute Gasteiger partial charge is 0.183 e. The molecule has 2 aromatic carbocycles. The highest BCUT2D eigenvalue weighted by Crippen LogP contribution is 2.36. The van der Waals surface area contributed by atoms with Gasteiger partial charge in [0.1, 0.15) is 0 Å². The molecule has 3 aromatic rings. The highest BCUT2D eigenvalue weighted by molar-refractivity contribution is 7.18. The maximum atomic E-state index is 10.3. The van der Waals surface area contributed by atoms with Gasteiger partial charge in [0.15, 0.2) is 5.13 Å². The van der Waals surface area contributed by atoms with Gasteiger partial charge in [0.05, 0.1) is 17.0 Å². The lowest BCUT2D eigenvalue weighted by molar-refractivity contribution is 0.166. The van der Waals surface area contributed by atoms with Crippen molar-refractivity contribution >= 4 is 16.5 Å². The highest BCUT2D eigenvalue weighted by Gasteiger charge is 2.31. The zero-order valence-electron chi connectivity index (χ0n) is 11.9. The number of hydrogen-bond acceptors (Lipinski definition) is 4. The quantitative estimate of drug-likeness (QED) is 0.772. The molecule has 0 spiro atoms. The van der Waals surface area contributed by atoms with Gasteiger partial charge in [-0.05, 0) is 16.7 Å². The van der Waals surface area contributed by atoms with Crippen LogP contribution in [-0.4, -0.2) is 16.2 Å². The molecule has 2 atom stereocenters. The lowest BCUT2D eigenvalue weighted by atomic mass is 10.1. The van der Waals surface area contributed by atoms with E-state index >= 15 is 0 Å². The Bertz CT molecular complexity index is 785. The van der Waals surface area contributed by atoms with Gasteiger partial charge in [0.2, 0.25) is 0 Å². The number of aromatic nitrogens is 1. The summed E-state index contributed by atoms with van der Waals surface area (Å²) in [5.41, 5.74) is 3.55. The molecule has 22 heavy (non-hydrogen) atoms. The largest absolute Gasteiger partial charge is 0.390 e. The van der Waals surface area contributed by atoms with Gasteiger partial charge in [-0.3, -0.25) is 0 Å². The fraction of sp³-hybridized carbons (Fsp3) is 0.167. The maximum Gasteiger partial charge on any atom is 0.183 e. The number of benzene rings is 2. The lowest BCUT2D eigenvalue weighted by Crippen LogP contribution is -2.20. The maximum absolute atomic E-state index is 10.3. The van der Waals surface area contributed by atoms with Gasteiger partial charge >= 0.3 is 0 Å². The second-order valence-corrected chi connectivity index (χ2v) is 6.52. The van der Waals surface area contributed by atoms with Gasteiger partial charge in [0, 0.05) is 12.6 Å². The molecule has 110 valence electrons.